The maximum atomic E-state index is 10.9. The van der Waals surface area contributed by atoms with E-state index in [0.29, 0.717) is 5.57 Å². The van der Waals surface area contributed by atoms with Crippen LogP contribution < -0.4 is 5.32 Å². The van der Waals surface area contributed by atoms with Crippen molar-refractivity contribution in [2.45, 2.75) is 0 Å². The molecular weight excluding hydrogens is 142 g/mol. The van der Waals surface area contributed by atoms with Crippen molar-refractivity contribution in [2.75, 3.05) is 7.11 Å². The summed E-state index contributed by atoms with van der Waals surface area (Å²) in [6, 6.07) is 0. The summed E-state index contributed by atoms with van der Waals surface area (Å²) in [7, 11) is 1.36. The maximum absolute atomic E-state index is 10.9. The van der Waals surface area contributed by atoms with Gasteiger partial charge in [0.2, 0.25) is 0 Å². The van der Waals surface area contributed by atoms with Crippen LogP contribution in [0.1, 0.15) is 0 Å². The van der Waals surface area contributed by atoms with Crippen molar-refractivity contribution < 1.29 is 9.53 Å². The number of methoxy groups -OCH3 is 1. The van der Waals surface area contributed by atoms with Gasteiger partial charge in [-0.15, -0.1) is 0 Å². The smallest absolute Gasteiger partial charge is 0.337 e. The Balaban J connectivity index is 2.77. The largest absolute Gasteiger partial charge is 0.465 e. The highest BCUT2D eigenvalue weighted by molar-refractivity contribution is 5.91. The van der Waals surface area contributed by atoms with E-state index in [1.165, 1.54) is 7.11 Å². The van der Waals surface area contributed by atoms with Crippen LogP contribution in [0.3, 0.4) is 0 Å². The maximum Gasteiger partial charge on any atom is 0.337 e. The molecular formula is C8H9NO2. The third-order valence-corrected chi connectivity index (χ3v) is 1.25. The third kappa shape index (κ3) is 1.97. The van der Waals surface area contributed by atoms with E-state index >= 15 is 0 Å². The van der Waals surface area contributed by atoms with Gasteiger partial charge in [-0.25, -0.2) is 4.79 Å². The second kappa shape index (κ2) is 3.61. The van der Waals surface area contributed by atoms with Crippen molar-refractivity contribution in [3.8, 4) is 0 Å². The topological polar surface area (TPSA) is 38.3 Å². The number of rotatable bonds is 1. The van der Waals surface area contributed by atoms with Crippen LogP contribution >= 0.6 is 0 Å². The molecule has 3 heteroatoms. The van der Waals surface area contributed by atoms with Gasteiger partial charge in [0, 0.05) is 12.4 Å². The van der Waals surface area contributed by atoms with Gasteiger partial charge < -0.3 is 10.1 Å². The summed E-state index contributed by atoms with van der Waals surface area (Å²) in [5.74, 6) is -0.324. The first-order valence-electron chi connectivity index (χ1n) is 3.22. The Labute approximate surface area is 65.0 Å². The number of hydrogen-bond acceptors (Lipinski definition) is 3. The summed E-state index contributed by atoms with van der Waals surface area (Å²) < 4.78 is 4.53. The van der Waals surface area contributed by atoms with E-state index < -0.39 is 0 Å². The first-order valence-corrected chi connectivity index (χ1v) is 3.22. The second-order valence-corrected chi connectivity index (χ2v) is 1.97. The molecule has 0 bridgehead atoms. The lowest BCUT2D eigenvalue weighted by Gasteiger charge is -1.95. The lowest BCUT2D eigenvalue weighted by molar-refractivity contribution is -0.135. The Kier molecular flexibility index (Phi) is 2.49. The van der Waals surface area contributed by atoms with Gasteiger partial charge in [0.05, 0.1) is 12.7 Å². The first-order chi connectivity index (χ1) is 5.34. The average molecular weight is 151 g/mol. The summed E-state index contributed by atoms with van der Waals surface area (Å²) in [4.78, 5) is 10.9. The zero-order valence-corrected chi connectivity index (χ0v) is 6.20. The summed E-state index contributed by atoms with van der Waals surface area (Å²) >= 11 is 0. The Morgan fingerprint density at radius 3 is 3.09 bits per heavy atom. The molecule has 0 aliphatic carbocycles. The van der Waals surface area contributed by atoms with Crippen LogP contribution in [0.15, 0.2) is 36.2 Å². The van der Waals surface area contributed by atoms with Gasteiger partial charge in [-0.3, -0.25) is 0 Å². The minimum Gasteiger partial charge on any atom is -0.465 e. The van der Waals surface area contributed by atoms with Gasteiger partial charge >= 0.3 is 5.97 Å². The molecule has 1 heterocycles. The molecule has 0 atom stereocenters. The van der Waals surface area contributed by atoms with E-state index in [-0.39, 0.29) is 5.97 Å². The molecule has 11 heavy (non-hydrogen) atoms. The Bertz CT molecular complexity index is 238. The molecule has 0 saturated heterocycles. The predicted octanol–water partition coefficient (Wildman–Crippen LogP) is 0.716. The number of nitrogens with one attached hydrogen (secondary N) is 1. The van der Waals surface area contributed by atoms with Gasteiger partial charge in [0.25, 0.3) is 0 Å². The van der Waals surface area contributed by atoms with E-state index in [4.69, 9.17) is 0 Å². The van der Waals surface area contributed by atoms with E-state index in [0.717, 1.165) is 0 Å². The first kappa shape index (κ1) is 7.60. The summed E-state index contributed by atoms with van der Waals surface area (Å²) in [6.07, 6.45) is 8.49. The van der Waals surface area contributed by atoms with Gasteiger partial charge in [0.15, 0.2) is 0 Å². The van der Waals surface area contributed by atoms with Crippen LogP contribution in [0, 0.1) is 0 Å². The molecule has 0 spiro atoms. The number of esters is 1. The van der Waals surface area contributed by atoms with Crippen LogP contribution in [-0.2, 0) is 9.53 Å². The molecule has 0 aromatic carbocycles. The number of ether oxygens (including phenoxy) is 1. The fraction of sp³-hybridized carbons (Fsp3) is 0.125. The highest BCUT2D eigenvalue weighted by Gasteiger charge is 2.04. The SMILES string of the molecule is COC(=O)C1=CC=CNC=C1. The van der Waals surface area contributed by atoms with E-state index in [2.05, 4.69) is 10.1 Å². The van der Waals surface area contributed by atoms with E-state index in [1.807, 2.05) is 0 Å². The van der Waals surface area contributed by atoms with Crippen LogP contribution in [0.5, 0.6) is 0 Å². The van der Waals surface area contributed by atoms with Gasteiger partial charge in [-0.05, 0) is 18.2 Å². The van der Waals surface area contributed by atoms with Gasteiger partial charge in [0.1, 0.15) is 0 Å². The van der Waals surface area contributed by atoms with Crippen molar-refractivity contribution >= 4 is 5.97 Å². The van der Waals surface area contributed by atoms with Crippen LogP contribution in [0.2, 0.25) is 0 Å². The Morgan fingerprint density at radius 2 is 2.36 bits per heavy atom. The van der Waals surface area contributed by atoms with Gasteiger partial charge in [-0.2, -0.15) is 0 Å². The molecule has 58 valence electrons. The highest BCUT2D eigenvalue weighted by Crippen LogP contribution is 2.01. The molecule has 1 rings (SSSR count). The molecule has 0 radical (unpaired) electrons. The van der Waals surface area contributed by atoms with E-state index in [9.17, 15) is 4.79 Å². The third-order valence-electron chi connectivity index (χ3n) is 1.25. The molecule has 1 aliphatic heterocycles. The van der Waals surface area contributed by atoms with Crippen LogP contribution in [0.4, 0.5) is 0 Å². The Morgan fingerprint density at radius 1 is 1.55 bits per heavy atom. The van der Waals surface area contributed by atoms with Crippen molar-refractivity contribution in [2.24, 2.45) is 0 Å². The summed E-state index contributed by atoms with van der Waals surface area (Å²) in [6.45, 7) is 0. The Hall–Kier alpha value is -1.51. The molecule has 0 aromatic rings. The quantitative estimate of drug-likeness (QED) is 0.561. The van der Waals surface area contributed by atoms with Crippen LogP contribution in [-0.4, -0.2) is 13.1 Å². The predicted molar refractivity (Wildman–Crippen MR) is 41.5 cm³/mol. The van der Waals surface area contributed by atoms with E-state index in [1.54, 1.807) is 30.6 Å². The van der Waals surface area contributed by atoms with Crippen LogP contribution in [0.25, 0.3) is 0 Å². The lowest BCUT2D eigenvalue weighted by Crippen LogP contribution is -2.02. The molecule has 3 nitrogen and oxygen atoms in total. The lowest BCUT2D eigenvalue weighted by atomic mass is 10.2. The van der Waals surface area contributed by atoms with Crippen molar-refractivity contribution in [3.05, 3.63) is 36.2 Å². The average Bonchev–Trinajstić information content (AvgIpc) is 2.30. The fourth-order valence-corrected chi connectivity index (χ4v) is 0.710. The summed E-state index contributed by atoms with van der Waals surface area (Å²) in [5.41, 5.74) is 0.536. The van der Waals surface area contributed by atoms with Crippen molar-refractivity contribution in [1.29, 1.82) is 0 Å². The number of carbonyl (C=O) groups is 1. The molecule has 1 N–H and O–H groups in total. The van der Waals surface area contributed by atoms with Gasteiger partial charge in [-0.1, -0.05) is 0 Å². The number of carbonyl (C=O) groups excluding carboxylic acids is 1. The molecule has 0 fully saturated rings. The van der Waals surface area contributed by atoms with Crippen molar-refractivity contribution in [3.63, 3.8) is 0 Å². The zero-order chi connectivity index (χ0) is 8.10. The fourth-order valence-electron chi connectivity index (χ4n) is 0.710. The zero-order valence-electron chi connectivity index (χ0n) is 6.20. The molecule has 0 aromatic heterocycles. The monoisotopic (exact) mass is 151 g/mol. The minimum atomic E-state index is -0.324. The minimum absolute atomic E-state index is 0.324. The highest BCUT2D eigenvalue weighted by atomic mass is 16.5. The normalized spacial score (nSPS) is 14.8. The second-order valence-electron chi connectivity index (χ2n) is 1.97. The molecule has 0 unspecified atom stereocenters. The molecule has 0 saturated carbocycles. The number of allylic oxidation sites excluding steroid dienone is 2. The molecule has 1 aliphatic rings. The summed E-state index contributed by atoms with van der Waals surface area (Å²) in [5, 5.41) is 2.84. The standard InChI is InChI=1S/C8H9NO2/c1-11-8(10)7-3-2-5-9-6-4-7/h2-6,9H,1H3. The molecule has 0 amide bonds. The number of hydrogen-bond donors (Lipinski definition) is 1. The van der Waals surface area contributed by atoms with Crippen molar-refractivity contribution in [1.82, 2.24) is 5.32 Å².